The van der Waals surface area contributed by atoms with Crippen molar-refractivity contribution in [2.24, 2.45) is 5.73 Å². The Balaban J connectivity index is 3.73. The van der Waals surface area contributed by atoms with Gasteiger partial charge in [0.15, 0.2) is 0 Å². The molecule has 64 valence electrons. The van der Waals surface area contributed by atoms with E-state index in [9.17, 15) is 9.59 Å². The molecular formula is C7H13NO3. The highest BCUT2D eigenvalue weighted by molar-refractivity contribution is 5.84. The summed E-state index contributed by atoms with van der Waals surface area (Å²) in [5, 5.41) is 0. The molecule has 11 heavy (non-hydrogen) atoms. The molecule has 0 aromatic heterocycles. The lowest BCUT2D eigenvalue weighted by molar-refractivity contribution is -0.145. The second-order valence-electron chi connectivity index (χ2n) is 2.26. The summed E-state index contributed by atoms with van der Waals surface area (Å²) in [6.07, 6.45) is 0.0544. The largest absolute Gasteiger partial charge is 0.465 e. The number of hydrogen-bond donors (Lipinski definition) is 1. The van der Waals surface area contributed by atoms with Gasteiger partial charge in [-0.3, -0.25) is 9.59 Å². The minimum Gasteiger partial charge on any atom is -0.465 e. The van der Waals surface area contributed by atoms with Gasteiger partial charge in [0.25, 0.3) is 0 Å². The molecule has 0 spiro atoms. The molecule has 0 amide bonds. The number of ketones is 1. The van der Waals surface area contributed by atoms with E-state index in [1.165, 1.54) is 6.92 Å². The lowest BCUT2D eigenvalue weighted by Gasteiger charge is -2.07. The molecule has 0 rings (SSSR count). The van der Waals surface area contributed by atoms with Crippen LogP contribution in [0.25, 0.3) is 0 Å². The van der Waals surface area contributed by atoms with E-state index in [-0.39, 0.29) is 12.2 Å². The van der Waals surface area contributed by atoms with Gasteiger partial charge in [0.1, 0.15) is 11.8 Å². The lowest BCUT2D eigenvalue weighted by Crippen LogP contribution is -2.33. The third kappa shape index (κ3) is 4.50. The molecule has 0 fully saturated rings. The fraction of sp³-hybridized carbons (Fsp3) is 0.714. The molecule has 0 aliphatic rings. The molecule has 0 aliphatic heterocycles. The van der Waals surface area contributed by atoms with E-state index in [1.807, 2.05) is 0 Å². The van der Waals surface area contributed by atoms with Crippen LogP contribution in [0.2, 0.25) is 0 Å². The minimum atomic E-state index is -0.799. The molecule has 0 radical (unpaired) electrons. The Morgan fingerprint density at radius 2 is 2.09 bits per heavy atom. The summed E-state index contributed by atoms with van der Waals surface area (Å²) >= 11 is 0. The van der Waals surface area contributed by atoms with Gasteiger partial charge in [-0.1, -0.05) is 0 Å². The van der Waals surface area contributed by atoms with Crippen LogP contribution in [0.4, 0.5) is 0 Å². The molecule has 0 saturated carbocycles. The molecule has 2 N–H and O–H groups in total. The predicted octanol–water partition coefficient (Wildman–Crippen LogP) is -0.144. The van der Waals surface area contributed by atoms with E-state index in [1.54, 1.807) is 6.92 Å². The van der Waals surface area contributed by atoms with Crippen LogP contribution < -0.4 is 5.73 Å². The zero-order valence-corrected chi connectivity index (χ0v) is 6.79. The molecular weight excluding hydrogens is 146 g/mol. The van der Waals surface area contributed by atoms with Gasteiger partial charge in [0, 0.05) is 6.42 Å². The number of ether oxygens (including phenoxy) is 1. The van der Waals surface area contributed by atoms with Gasteiger partial charge in [0.05, 0.1) is 6.61 Å². The third-order valence-corrected chi connectivity index (χ3v) is 1.10. The summed E-state index contributed by atoms with van der Waals surface area (Å²) in [5.41, 5.74) is 5.31. The molecule has 1 atom stereocenters. The van der Waals surface area contributed by atoms with Crippen LogP contribution in [0.5, 0.6) is 0 Å². The summed E-state index contributed by atoms with van der Waals surface area (Å²) in [4.78, 5) is 21.3. The van der Waals surface area contributed by atoms with Gasteiger partial charge < -0.3 is 10.5 Å². The molecule has 0 unspecified atom stereocenters. The smallest absolute Gasteiger partial charge is 0.323 e. The fourth-order valence-electron chi connectivity index (χ4n) is 0.642. The lowest BCUT2D eigenvalue weighted by atomic mass is 10.2. The van der Waals surface area contributed by atoms with Crippen molar-refractivity contribution in [3.8, 4) is 0 Å². The average Bonchev–Trinajstić information content (AvgIpc) is 1.86. The SMILES string of the molecule is CCOC(=O)[C@@H](N)CC(C)=O. The average molecular weight is 159 g/mol. The van der Waals surface area contributed by atoms with E-state index in [0.717, 1.165) is 0 Å². The minimum absolute atomic E-state index is 0.0544. The molecule has 0 aromatic rings. The van der Waals surface area contributed by atoms with Crippen LogP contribution in [-0.4, -0.2) is 24.4 Å². The molecule has 4 heteroatoms. The van der Waals surface area contributed by atoms with Gasteiger partial charge in [-0.15, -0.1) is 0 Å². The van der Waals surface area contributed by atoms with Crippen molar-refractivity contribution in [1.82, 2.24) is 0 Å². The standard InChI is InChI=1S/C7H13NO3/c1-3-11-7(10)6(8)4-5(2)9/h6H,3-4,8H2,1-2H3/t6-/m0/s1. The van der Waals surface area contributed by atoms with E-state index >= 15 is 0 Å². The first-order valence-corrected chi connectivity index (χ1v) is 3.49. The van der Waals surface area contributed by atoms with E-state index < -0.39 is 12.0 Å². The van der Waals surface area contributed by atoms with Gasteiger partial charge >= 0.3 is 5.97 Å². The Labute approximate surface area is 65.7 Å². The van der Waals surface area contributed by atoms with Crippen molar-refractivity contribution in [2.45, 2.75) is 26.3 Å². The molecule has 0 bridgehead atoms. The maximum atomic E-state index is 10.8. The maximum absolute atomic E-state index is 10.8. The number of rotatable bonds is 4. The van der Waals surface area contributed by atoms with Gasteiger partial charge in [0.2, 0.25) is 0 Å². The quantitative estimate of drug-likeness (QED) is 0.579. The number of esters is 1. The molecule has 0 heterocycles. The predicted molar refractivity (Wildman–Crippen MR) is 39.9 cm³/mol. The topological polar surface area (TPSA) is 69.4 Å². The highest BCUT2D eigenvalue weighted by Crippen LogP contribution is 1.92. The van der Waals surface area contributed by atoms with Gasteiger partial charge in [-0.05, 0) is 13.8 Å². The zero-order valence-electron chi connectivity index (χ0n) is 6.79. The Morgan fingerprint density at radius 1 is 1.55 bits per heavy atom. The fourth-order valence-corrected chi connectivity index (χ4v) is 0.642. The Bertz CT molecular complexity index is 156. The van der Waals surface area contributed by atoms with Crippen molar-refractivity contribution in [1.29, 1.82) is 0 Å². The molecule has 4 nitrogen and oxygen atoms in total. The van der Waals surface area contributed by atoms with Crippen LogP contribution >= 0.6 is 0 Å². The van der Waals surface area contributed by atoms with Crippen molar-refractivity contribution < 1.29 is 14.3 Å². The van der Waals surface area contributed by atoms with Crippen LogP contribution in [0.1, 0.15) is 20.3 Å². The Morgan fingerprint density at radius 3 is 2.45 bits per heavy atom. The number of carbonyl (C=O) groups is 2. The molecule has 0 aromatic carbocycles. The van der Waals surface area contributed by atoms with Crippen LogP contribution in [0, 0.1) is 0 Å². The van der Waals surface area contributed by atoms with Crippen LogP contribution in [0.3, 0.4) is 0 Å². The number of carbonyl (C=O) groups excluding carboxylic acids is 2. The van der Waals surface area contributed by atoms with Crippen molar-refractivity contribution in [3.05, 3.63) is 0 Å². The third-order valence-electron chi connectivity index (χ3n) is 1.10. The van der Waals surface area contributed by atoms with E-state index in [0.29, 0.717) is 6.61 Å². The summed E-state index contributed by atoms with van der Waals surface area (Å²) in [7, 11) is 0. The monoisotopic (exact) mass is 159 g/mol. The Hall–Kier alpha value is -0.900. The number of hydrogen-bond acceptors (Lipinski definition) is 4. The van der Waals surface area contributed by atoms with Crippen LogP contribution in [-0.2, 0) is 14.3 Å². The van der Waals surface area contributed by atoms with Crippen molar-refractivity contribution >= 4 is 11.8 Å². The Kier molecular flexibility index (Phi) is 4.45. The molecule has 0 aliphatic carbocycles. The first-order valence-electron chi connectivity index (χ1n) is 3.49. The normalized spacial score (nSPS) is 12.3. The van der Waals surface area contributed by atoms with E-state index in [2.05, 4.69) is 4.74 Å². The summed E-state index contributed by atoms with van der Waals surface area (Å²) in [6, 6.07) is -0.799. The summed E-state index contributed by atoms with van der Waals surface area (Å²) in [6.45, 7) is 3.38. The number of Topliss-reactive ketones (excluding diaryl/α,β-unsaturated/α-hetero) is 1. The van der Waals surface area contributed by atoms with E-state index in [4.69, 9.17) is 5.73 Å². The van der Waals surface area contributed by atoms with Gasteiger partial charge in [-0.2, -0.15) is 0 Å². The van der Waals surface area contributed by atoms with Gasteiger partial charge in [-0.25, -0.2) is 0 Å². The highest BCUT2D eigenvalue weighted by atomic mass is 16.5. The number of nitrogens with two attached hydrogens (primary N) is 1. The zero-order chi connectivity index (χ0) is 8.85. The van der Waals surface area contributed by atoms with Crippen LogP contribution in [0.15, 0.2) is 0 Å². The first-order chi connectivity index (χ1) is 5.07. The summed E-state index contributed by atoms with van der Waals surface area (Å²) in [5.74, 6) is -0.617. The first kappa shape index (κ1) is 10.1. The highest BCUT2D eigenvalue weighted by Gasteiger charge is 2.15. The summed E-state index contributed by atoms with van der Waals surface area (Å²) < 4.78 is 4.59. The van der Waals surface area contributed by atoms with Crippen molar-refractivity contribution in [2.75, 3.05) is 6.61 Å². The second kappa shape index (κ2) is 4.85. The maximum Gasteiger partial charge on any atom is 0.323 e. The molecule has 0 saturated heterocycles. The second-order valence-corrected chi connectivity index (χ2v) is 2.26. The van der Waals surface area contributed by atoms with Crippen molar-refractivity contribution in [3.63, 3.8) is 0 Å².